The van der Waals surface area contributed by atoms with Gasteiger partial charge in [0.05, 0.1) is 13.2 Å². The molecule has 1 fully saturated rings. The third kappa shape index (κ3) is 7.54. The fourth-order valence-electron chi connectivity index (χ4n) is 3.06. The SMILES string of the molecule is CCNC(=NCc1cccc(COC)c1)NC1CCN(S(=O)(=O)C(F)(F)F)CC1.I. The van der Waals surface area contributed by atoms with Crippen LogP contribution in [-0.4, -0.2) is 57.0 Å². The molecule has 0 spiro atoms. The summed E-state index contributed by atoms with van der Waals surface area (Å²) in [4.78, 5) is 4.53. The number of methoxy groups -OCH3 is 1. The molecule has 7 nitrogen and oxygen atoms in total. The van der Waals surface area contributed by atoms with E-state index in [0.29, 0.717) is 30.0 Å². The van der Waals surface area contributed by atoms with Gasteiger partial charge in [0.2, 0.25) is 0 Å². The summed E-state index contributed by atoms with van der Waals surface area (Å²) < 4.78 is 66.7. The number of rotatable bonds is 7. The molecule has 1 aliphatic heterocycles. The summed E-state index contributed by atoms with van der Waals surface area (Å²) in [5.74, 6) is 0.543. The number of ether oxygens (including phenoxy) is 1. The van der Waals surface area contributed by atoms with E-state index in [9.17, 15) is 21.6 Å². The molecule has 1 heterocycles. The van der Waals surface area contributed by atoms with Crippen molar-refractivity contribution >= 4 is 40.0 Å². The lowest BCUT2D eigenvalue weighted by Gasteiger charge is -2.32. The van der Waals surface area contributed by atoms with E-state index in [4.69, 9.17) is 4.74 Å². The van der Waals surface area contributed by atoms with Crippen LogP contribution in [0.3, 0.4) is 0 Å². The summed E-state index contributed by atoms with van der Waals surface area (Å²) in [6, 6.07) is 7.68. The van der Waals surface area contributed by atoms with Crippen LogP contribution in [0.1, 0.15) is 30.9 Å². The highest BCUT2D eigenvalue weighted by Crippen LogP contribution is 2.28. The topological polar surface area (TPSA) is 83.0 Å². The maximum atomic E-state index is 12.7. The van der Waals surface area contributed by atoms with Crippen molar-refractivity contribution in [1.82, 2.24) is 14.9 Å². The number of aliphatic imine (C=N–C) groups is 1. The molecule has 1 aromatic rings. The summed E-state index contributed by atoms with van der Waals surface area (Å²) in [5.41, 5.74) is -3.22. The second-order valence-corrected chi connectivity index (χ2v) is 8.65. The Morgan fingerprint density at radius 1 is 1.27 bits per heavy atom. The average Bonchev–Trinajstić information content (AvgIpc) is 2.66. The Balaban J connectivity index is 0.00000450. The van der Waals surface area contributed by atoms with Crippen LogP contribution in [-0.2, 0) is 27.9 Å². The minimum atomic E-state index is -5.27. The van der Waals surface area contributed by atoms with E-state index in [1.165, 1.54) is 0 Å². The highest BCUT2D eigenvalue weighted by atomic mass is 127. The monoisotopic (exact) mass is 564 g/mol. The average molecular weight is 564 g/mol. The number of alkyl halides is 3. The molecule has 0 amide bonds. The molecule has 1 saturated heterocycles. The normalized spacial score (nSPS) is 16.8. The third-order valence-corrected chi connectivity index (χ3v) is 6.12. The molecule has 12 heteroatoms. The van der Waals surface area contributed by atoms with Gasteiger partial charge in [-0.05, 0) is 30.9 Å². The maximum Gasteiger partial charge on any atom is 0.511 e. The maximum absolute atomic E-state index is 12.7. The second kappa shape index (κ2) is 12.1. The Morgan fingerprint density at radius 3 is 2.47 bits per heavy atom. The van der Waals surface area contributed by atoms with E-state index in [0.717, 1.165) is 11.1 Å². The van der Waals surface area contributed by atoms with Gasteiger partial charge in [-0.25, -0.2) is 13.4 Å². The molecule has 30 heavy (non-hydrogen) atoms. The molecule has 1 aliphatic rings. The molecule has 0 bridgehead atoms. The lowest BCUT2D eigenvalue weighted by atomic mass is 10.1. The van der Waals surface area contributed by atoms with Crippen LogP contribution in [0.4, 0.5) is 13.2 Å². The number of nitrogens with zero attached hydrogens (tertiary/aromatic N) is 2. The number of halogens is 4. The van der Waals surface area contributed by atoms with E-state index in [1.807, 2.05) is 31.2 Å². The third-order valence-electron chi connectivity index (χ3n) is 4.49. The van der Waals surface area contributed by atoms with Crippen molar-refractivity contribution in [3.8, 4) is 0 Å². The van der Waals surface area contributed by atoms with Crippen LogP contribution in [0.2, 0.25) is 0 Å². The second-order valence-electron chi connectivity index (χ2n) is 6.72. The van der Waals surface area contributed by atoms with Crippen molar-refractivity contribution < 1.29 is 26.3 Å². The lowest BCUT2D eigenvalue weighted by Crippen LogP contribution is -2.51. The Labute approximate surface area is 192 Å². The van der Waals surface area contributed by atoms with E-state index in [1.54, 1.807) is 7.11 Å². The number of sulfonamides is 1. The van der Waals surface area contributed by atoms with Gasteiger partial charge in [0.25, 0.3) is 0 Å². The van der Waals surface area contributed by atoms with E-state index < -0.39 is 15.5 Å². The first-order valence-electron chi connectivity index (χ1n) is 9.35. The van der Waals surface area contributed by atoms with Crippen LogP contribution >= 0.6 is 24.0 Å². The quantitative estimate of drug-likeness (QED) is 0.303. The molecule has 0 radical (unpaired) electrons. The fourth-order valence-corrected chi connectivity index (χ4v) is 4.04. The standard InChI is InChI=1S/C18H27F3N4O3S.HI/c1-3-22-17(23-12-14-5-4-6-15(11-14)13-28-2)24-16-7-9-25(10-8-16)29(26,27)18(19,20)21;/h4-6,11,16H,3,7-10,12-13H2,1-2H3,(H2,22,23,24);1H. The first-order chi connectivity index (χ1) is 13.7. The Morgan fingerprint density at radius 2 is 1.90 bits per heavy atom. The van der Waals surface area contributed by atoms with Gasteiger partial charge < -0.3 is 15.4 Å². The first-order valence-corrected chi connectivity index (χ1v) is 10.8. The Kier molecular flexibility index (Phi) is 10.8. The number of guanidine groups is 1. The van der Waals surface area contributed by atoms with Crippen molar-refractivity contribution in [2.75, 3.05) is 26.7 Å². The zero-order valence-corrected chi connectivity index (χ0v) is 20.1. The summed E-state index contributed by atoms with van der Waals surface area (Å²) >= 11 is 0. The molecule has 2 rings (SSSR count). The van der Waals surface area contributed by atoms with Crippen molar-refractivity contribution in [3.05, 3.63) is 35.4 Å². The van der Waals surface area contributed by atoms with Gasteiger partial charge in [0.15, 0.2) is 5.96 Å². The highest BCUT2D eigenvalue weighted by molar-refractivity contribution is 14.0. The minimum absolute atomic E-state index is 0. The molecule has 0 saturated carbocycles. The molecule has 1 aromatic carbocycles. The van der Waals surface area contributed by atoms with Crippen LogP contribution < -0.4 is 10.6 Å². The number of benzene rings is 1. The summed E-state index contributed by atoms with van der Waals surface area (Å²) in [5, 5.41) is 6.30. The number of piperidine rings is 1. The van der Waals surface area contributed by atoms with Crippen molar-refractivity contribution in [2.24, 2.45) is 4.99 Å². The van der Waals surface area contributed by atoms with Crippen molar-refractivity contribution in [2.45, 2.75) is 44.5 Å². The minimum Gasteiger partial charge on any atom is -0.380 e. The summed E-state index contributed by atoms with van der Waals surface area (Å²) in [7, 11) is -3.64. The summed E-state index contributed by atoms with van der Waals surface area (Å²) in [6.07, 6.45) is 0.534. The zero-order valence-electron chi connectivity index (χ0n) is 16.9. The van der Waals surface area contributed by atoms with Gasteiger partial charge in [-0.1, -0.05) is 24.3 Å². The zero-order chi connectivity index (χ0) is 21.5. The number of hydrogen-bond acceptors (Lipinski definition) is 4. The van der Waals surface area contributed by atoms with Crippen molar-refractivity contribution in [1.29, 1.82) is 0 Å². The smallest absolute Gasteiger partial charge is 0.380 e. The number of nitrogens with one attached hydrogen (secondary N) is 2. The van der Waals surface area contributed by atoms with Crippen molar-refractivity contribution in [3.63, 3.8) is 0 Å². The van der Waals surface area contributed by atoms with Gasteiger partial charge in [-0.2, -0.15) is 17.5 Å². The molecule has 0 aromatic heterocycles. The Hall–Kier alpha value is -1.12. The molecular weight excluding hydrogens is 536 g/mol. The number of hydrogen-bond donors (Lipinski definition) is 2. The van der Waals surface area contributed by atoms with Gasteiger partial charge in [-0.3, -0.25) is 0 Å². The molecule has 0 aliphatic carbocycles. The van der Waals surface area contributed by atoms with E-state index in [2.05, 4.69) is 15.6 Å². The van der Waals surface area contributed by atoms with Gasteiger partial charge in [0, 0.05) is 32.8 Å². The molecule has 0 unspecified atom stereocenters. The van der Waals surface area contributed by atoms with Crippen LogP contribution in [0.5, 0.6) is 0 Å². The van der Waals surface area contributed by atoms with Crippen LogP contribution in [0, 0.1) is 0 Å². The van der Waals surface area contributed by atoms with Gasteiger partial charge in [-0.15, -0.1) is 24.0 Å². The van der Waals surface area contributed by atoms with Crippen LogP contribution in [0.15, 0.2) is 29.3 Å². The molecule has 172 valence electrons. The van der Waals surface area contributed by atoms with Gasteiger partial charge in [0.1, 0.15) is 0 Å². The molecular formula is C18H28F3IN4O3S. The fraction of sp³-hybridized carbons (Fsp3) is 0.611. The van der Waals surface area contributed by atoms with Gasteiger partial charge >= 0.3 is 15.5 Å². The molecule has 2 N–H and O–H groups in total. The lowest BCUT2D eigenvalue weighted by molar-refractivity contribution is -0.0494. The first kappa shape index (κ1) is 26.9. The van der Waals surface area contributed by atoms with E-state index >= 15 is 0 Å². The predicted octanol–water partition coefficient (Wildman–Crippen LogP) is 2.82. The largest absolute Gasteiger partial charge is 0.511 e. The Bertz CT molecular complexity index is 798. The molecule has 0 atom stereocenters. The van der Waals surface area contributed by atoms with Crippen LogP contribution in [0.25, 0.3) is 0 Å². The highest BCUT2D eigenvalue weighted by Gasteiger charge is 2.50. The summed E-state index contributed by atoms with van der Waals surface area (Å²) in [6.45, 7) is 3.10. The van der Waals surface area contributed by atoms with E-state index in [-0.39, 0.29) is 55.9 Å². The predicted molar refractivity (Wildman–Crippen MR) is 120 cm³/mol.